The molecule has 4 heterocycles. The average molecular weight is 743 g/mol. The second-order valence-corrected chi connectivity index (χ2v) is 13.1. The number of Topliss-reactive ketones (excluding diaryl/α,β-unsaturated/α-hetero) is 1. The lowest BCUT2D eigenvalue weighted by atomic mass is 9.95. The molecule has 3 fully saturated rings. The number of ether oxygens (including phenoxy) is 7. The Labute approximate surface area is 295 Å². The van der Waals surface area contributed by atoms with Crippen LogP contribution in [0.2, 0.25) is 0 Å². The molecule has 0 aliphatic carbocycles. The molecule has 16 atom stereocenters. The Morgan fingerprint density at radius 3 is 1.92 bits per heavy atom. The van der Waals surface area contributed by atoms with Crippen molar-refractivity contribution in [3.8, 4) is 23.0 Å². The van der Waals surface area contributed by atoms with E-state index in [1.165, 1.54) is 25.1 Å². The molecule has 11 N–H and O–H groups in total. The van der Waals surface area contributed by atoms with E-state index < -0.39 is 123 Å². The summed E-state index contributed by atoms with van der Waals surface area (Å²) in [6.07, 6.45) is -26.3. The van der Waals surface area contributed by atoms with Gasteiger partial charge in [0.15, 0.2) is 24.5 Å². The first-order valence-electron chi connectivity index (χ1n) is 16.5. The first-order valence-corrected chi connectivity index (χ1v) is 16.5. The number of hydrogen-bond donors (Lipinski definition) is 11. The first kappa shape index (κ1) is 38.5. The highest BCUT2D eigenvalue weighted by atomic mass is 16.8. The highest BCUT2D eigenvalue weighted by Gasteiger charge is 2.54. The fourth-order valence-corrected chi connectivity index (χ4v) is 6.53. The SMILES string of the molecule is CC1OC(OC2C(Oc3cc(O)c4c(c3)OC(c3ccc(O)cc3)CC4=O)OC(CO)C(O)C2O)C(OC2OC(CO)C(O)C(O)C2O)C(O)C1O. The van der Waals surface area contributed by atoms with E-state index in [0.717, 1.165) is 6.07 Å². The second kappa shape index (κ2) is 15.6. The van der Waals surface area contributed by atoms with Gasteiger partial charge in [0.1, 0.15) is 95.7 Å². The summed E-state index contributed by atoms with van der Waals surface area (Å²) in [6, 6.07) is 8.30. The van der Waals surface area contributed by atoms with Crippen molar-refractivity contribution in [1.29, 1.82) is 0 Å². The Kier molecular flexibility index (Phi) is 11.6. The zero-order valence-electron chi connectivity index (χ0n) is 27.5. The number of rotatable bonds is 9. The van der Waals surface area contributed by atoms with Crippen LogP contribution in [0.5, 0.6) is 23.0 Å². The molecule has 0 radical (unpaired) electrons. The predicted octanol–water partition coefficient (Wildman–Crippen LogP) is -3.34. The molecule has 16 unspecified atom stereocenters. The standard InChI is InChI=1S/C33H42O19/c1-11-22(39)26(43)29(51-31-28(45)25(42)23(40)19(9-34)49-31)32(46-11)52-30-27(44)24(41)20(10-35)50-33(30)47-14-6-15(37)21-16(38)8-17(48-18(21)7-14)12-2-4-13(36)5-3-12/h2-7,11,17,19-20,22-37,39-45H,8-10H2,1H3. The minimum Gasteiger partial charge on any atom is -0.508 e. The molecule has 0 aromatic heterocycles. The number of aliphatic hydroxyl groups excluding tert-OH is 9. The van der Waals surface area contributed by atoms with E-state index in [-0.39, 0.29) is 29.2 Å². The van der Waals surface area contributed by atoms with Gasteiger partial charge in [0.2, 0.25) is 6.29 Å². The maximum atomic E-state index is 13.0. The normalized spacial score (nSPS) is 40.8. The first-order chi connectivity index (χ1) is 24.7. The maximum Gasteiger partial charge on any atom is 0.229 e. The number of benzene rings is 2. The van der Waals surface area contributed by atoms with Crippen molar-refractivity contribution in [2.24, 2.45) is 0 Å². The van der Waals surface area contributed by atoms with Crippen LogP contribution in [0.15, 0.2) is 36.4 Å². The summed E-state index contributed by atoms with van der Waals surface area (Å²) in [5.74, 6) is -1.23. The zero-order chi connectivity index (χ0) is 37.6. The third-order valence-electron chi connectivity index (χ3n) is 9.53. The third kappa shape index (κ3) is 7.43. The Balaban J connectivity index is 1.27. The molecular formula is C33H42O19. The van der Waals surface area contributed by atoms with Crippen LogP contribution in [0.4, 0.5) is 0 Å². The van der Waals surface area contributed by atoms with E-state index in [0.29, 0.717) is 5.56 Å². The second-order valence-electron chi connectivity index (χ2n) is 13.1. The lowest BCUT2D eigenvalue weighted by molar-refractivity contribution is -0.386. The number of fused-ring (bicyclic) bond motifs is 1. The van der Waals surface area contributed by atoms with Gasteiger partial charge < -0.3 is 89.3 Å². The molecule has 2 aromatic carbocycles. The Bertz CT molecular complexity index is 1540. The number of aromatic hydroxyl groups is 2. The van der Waals surface area contributed by atoms with E-state index in [1.54, 1.807) is 12.1 Å². The molecule has 0 saturated carbocycles. The number of carbonyl (C=O) groups excluding carboxylic acids is 1. The Hall–Kier alpha value is -3.25. The van der Waals surface area contributed by atoms with Gasteiger partial charge in [-0.2, -0.15) is 0 Å². The van der Waals surface area contributed by atoms with Gasteiger partial charge in [0.05, 0.1) is 25.7 Å². The summed E-state index contributed by atoms with van der Waals surface area (Å²) >= 11 is 0. The Morgan fingerprint density at radius 1 is 0.692 bits per heavy atom. The number of phenols is 2. The number of hydrogen-bond acceptors (Lipinski definition) is 19. The predicted molar refractivity (Wildman–Crippen MR) is 167 cm³/mol. The molecule has 19 nitrogen and oxygen atoms in total. The molecule has 288 valence electrons. The average Bonchev–Trinajstić information content (AvgIpc) is 3.11. The quantitative estimate of drug-likeness (QED) is 0.120. The lowest BCUT2D eigenvalue weighted by Gasteiger charge is -2.48. The van der Waals surface area contributed by atoms with Gasteiger partial charge in [0, 0.05) is 12.1 Å². The van der Waals surface area contributed by atoms with Crippen LogP contribution in [0, 0.1) is 0 Å². The fourth-order valence-electron chi connectivity index (χ4n) is 6.53. The summed E-state index contributed by atoms with van der Waals surface area (Å²) < 4.78 is 40.5. The minimum atomic E-state index is -1.92. The number of aliphatic hydroxyl groups is 9. The van der Waals surface area contributed by atoms with Gasteiger partial charge in [-0.25, -0.2) is 0 Å². The fraction of sp³-hybridized carbons (Fsp3) is 0.606. The van der Waals surface area contributed by atoms with Gasteiger partial charge in [-0.05, 0) is 24.6 Å². The van der Waals surface area contributed by atoms with Gasteiger partial charge in [-0.15, -0.1) is 0 Å². The van der Waals surface area contributed by atoms with Crippen molar-refractivity contribution in [3.05, 3.63) is 47.5 Å². The number of carbonyl (C=O) groups is 1. The van der Waals surface area contributed by atoms with Crippen molar-refractivity contribution in [1.82, 2.24) is 0 Å². The molecule has 3 saturated heterocycles. The highest BCUT2D eigenvalue weighted by molar-refractivity contribution is 6.02. The van der Waals surface area contributed by atoms with Gasteiger partial charge >= 0.3 is 0 Å². The van der Waals surface area contributed by atoms with Crippen LogP contribution in [0.25, 0.3) is 0 Å². The molecule has 0 bridgehead atoms. The van der Waals surface area contributed by atoms with E-state index >= 15 is 0 Å². The van der Waals surface area contributed by atoms with E-state index in [2.05, 4.69) is 0 Å². The van der Waals surface area contributed by atoms with Crippen LogP contribution in [0.3, 0.4) is 0 Å². The molecule has 52 heavy (non-hydrogen) atoms. The molecule has 6 rings (SSSR count). The molecule has 19 heteroatoms. The van der Waals surface area contributed by atoms with Crippen molar-refractivity contribution >= 4 is 5.78 Å². The van der Waals surface area contributed by atoms with Gasteiger partial charge in [-0.3, -0.25) is 4.79 Å². The molecule has 4 aliphatic rings. The van der Waals surface area contributed by atoms with Crippen molar-refractivity contribution < 1.29 is 94.1 Å². The smallest absolute Gasteiger partial charge is 0.229 e. The number of phenolic OH excluding ortho intramolecular Hbond substituents is 2. The molecule has 2 aromatic rings. The van der Waals surface area contributed by atoms with Crippen molar-refractivity contribution in [2.45, 2.75) is 112 Å². The van der Waals surface area contributed by atoms with Crippen molar-refractivity contribution in [3.63, 3.8) is 0 Å². The molecular weight excluding hydrogens is 700 g/mol. The van der Waals surface area contributed by atoms with E-state index in [1.807, 2.05) is 0 Å². The molecule has 0 amide bonds. The monoisotopic (exact) mass is 742 g/mol. The van der Waals surface area contributed by atoms with Crippen LogP contribution in [-0.2, 0) is 23.7 Å². The largest absolute Gasteiger partial charge is 0.508 e. The van der Waals surface area contributed by atoms with E-state index in [4.69, 9.17) is 33.2 Å². The maximum absolute atomic E-state index is 13.0. The summed E-state index contributed by atoms with van der Waals surface area (Å²) in [5.41, 5.74) is 0.429. The molecule has 4 aliphatic heterocycles. The third-order valence-corrected chi connectivity index (χ3v) is 9.53. The van der Waals surface area contributed by atoms with Crippen LogP contribution in [0.1, 0.15) is 35.4 Å². The van der Waals surface area contributed by atoms with Crippen LogP contribution >= 0.6 is 0 Å². The summed E-state index contributed by atoms with van der Waals surface area (Å²) in [5, 5.41) is 114. The van der Waals surface area contributed by atoms with Crippen molar-refractivity contribution in [2.75, 3.05) is 13.2 Å². The topological polar surface area (TPSA) is 304 Å². The molecule has 0 spiro atoms. The summed E-state index contributed by atoms with van der Waals surface area (Å²) in [7, 11) is 0. The minimum absolute atomic E-state index is 0.00269. The number of ketones is 1. The van der Waals surface area contributed by atoms with E-state index in [9.17, 15) is 61.0 Å². The Morgan fingerprint density at radius 2 is 1.27 bits per heavy atom. The summed E-state index contributed by atoms with van der Waals surface area (Å²) in [4.78, 5) is 13.0. The summed E-state index contributed by atoms with van der Waals surface area (Å²) in [6.45, 7) is -0.218. The van der Waals surface area contributed by atoms with Crippen LogP contribution < -0.4 is 9.47 Å². The zero-order valence-corrected chi connectivity index (χ0v) is 27.5. The highest BCUT2D eigenvalue weighted by Crippen LogP contribution is 2.43. The van der Waals surface area contributed by atoms with Crippen LogP contribution in [-0.4, -0.2) is 167 Å². The van der Waals surface area contributed by atoms with Gasteiger partial charge in [0.25, 0.3) is 0 Å². The van der Waals surface area contributed by atoms with Gasteiger partial charge in [-0.1, -0.05) is 12.1 Å². The lowest BCUT2D eigenvalue weighted by Crippen LogP contribution is -2.66.